The molecule has 0 bridgehead atoms. The number of rotatable bonds is 10. The van der Waals surface area contributed by atoms with E-state index in [-0.39, 0.29) is 12.6 Å². The first-order valence-corrected chi connectivity index (χ1v) is 6.80. The largest absolute Gasteiger partial charge is 0.480 e. The second-order valence-corrected chi connectivity index (χ2v) is 4.76. The van der Waals surface area contributed by atoms with Crippen LogP contribution in [0.25, 0.3) is 0 Å². The summed E-state index contributed by atoms with van der Waals surface area (Å²) in [5.41, 5.74) is -1.16. The quantitative estimate of drug-likeness (QED) is 0.132. The van der Waals surface area contributed by atoms with Crippen molar-refractivity contribution in [1.29, 1.82) is 0 Å². The number of carbonyl (C=O) groups excluding carboxylic acids is 2. The smallest absolute Gasteiger partial charge is 0.330 e. The van der Waals surface area contributed by atoms with Crippen molar-refractivity contribution in [3.8, 4) is 0 Å². The van der Waals surface area contributed by atoms with E-state index in [2.05, 4.69) is 9.97 Å². The first kappa shape index (κ1) is 20.8. The maximum Gasteiger partial charge on any atom is 0.330 e. The highest BCUT2D eigenvalue weighted by molar-refractivity contribution is 5.89. The van der Waals surface area contributed by atoms with Gasteiger partial charge in [0.15, 0.2) is 36.3 Å². The van der Waals surface area contributed by atoms with Crippen LogP contribution in [0.2, 0.25) is 0 Å². The first-order valence-electron chi connectivity index (χ1n) is 6.80. The second-order valence-electron chi connectivity index (χ2n) is 4.76. The van der Waals surface area contributed by atoms with Crippen molar-refractivity contribution >= 4 is 36.1 Å². The summed E-state index contributed by atoms with van der Waals surface area (Å²) in [6.07, 6.45) is 0.220. The molecule has 0 radical (unpaired) electrons. The number of carbonyl (C=O) groups is 4. The van der Waals surface area contributed by atoms with E-state index in [1.807, 2.05) is 0 Å². The third-order valence-electron chi connectivity index (χ3n) is 3.21. The molecule has 14 nitrogen and oxygen atoms in total. The highest BCUT2D eigenvalue weighted by Gasteiger charge is 2.31. The van der Waals surface area contributed by atoms with Crippen molar-refractivity contribution in [2.45, 2.75) is 12.1 Å². The van der Waals surface area contributed by atoms with Gasteiger partial charge in [-0.3, -0.25) is 19.6 Å². The Labute approximate surface area is 145 Å². The minimum absolute atomic E-state index is 0.110. The fourth-order valence-corrected chi connectivity index (χ4v) is 1.85. The molecule has 142 valence electrons. The number of carboxylic acids is 2. The van der Waals surface area contributed by atoms with Gasteiger partial charge in [-0.15, -0.1) is 0 Å². The number of hydrogen-bond donors (Lipinski definition) is 6. The van der Waals surface area contributed by atoms with Crippen LogP contribution in [0.4, 0.5) is 11.6 Å². The van der Waals surface area contributed by atoms with E-state index < -0.39 is 60.3 Å². The fourth-order valence-electron chi connectivity index (χ4n) is 1.85. The third-order valence-corrected chi connectivity index (χ3v) is 3.21. The van der Waals surface area contributed by atoms with Crippen LogP contribution in [0, 0.1) is 0 Å². The van der Waals surface area contributed by atoms with Gasteiger partial charge in [0.2, 0.25) is 0 Å². The van der Waals surface area contributed by atoms with Crippen molar-refractivity contribution in [2.24, 2.45) is 11.7 Å². The van der Waals surface area contributed by atoms with Gasteiger partial charge in [-0.1, -0.05) is 0 Å². The number of nitrogens with zero attached hydrogens (tertiary/aromatic N) is 4. The van der Waals surface area contributed by atoms with Crippen LogP contribution in [0.15, 0.2) is 0 Å². The van der Waals surface area contributed by atoms with Gasteiger partial charge >= 0.3 is 11.9 Å². The molecule has 0 saturated carbocycles. The highest BCUT2D eigenvalue weighted by atomic mass is 16.4. The molecule has 0 unspecified atom stereocenters. The number of hydrogen-bond acceptors (Lipinski definition) is 12. The zero-order valence-corrected chi connectivity index (χ0v) is 13.1. The minimum Gasteiger partial charge on any atom is -0.480 e. The summed E-state index contributed by atoms with van der Waals surface area (Å²) in [6.45, 7) is -1.89. The fraction of sp³-hybridized carbons (Fsp3) is 0.333. The van der Waals surface area contributed by atoms with Gasteiger partial charge in [-0.2, -0.15) is 0 Å². The highest BCUT2D eigenvalue weighted by Crippen LogP contribution is 2.22. The molecule has 14 heteroatoms. The predicted molar refractivity (Wildman–Crippen MR) is 83.2 cm³/mol. The lowest BCUT2D eigenvalue weighted by atomic mass is 10.2. The Kier molecular flexibility index (Phi) is 7.03. The Morgan fingerprint density at radius 2 is 1.19 bits per heavy atom. The Bertz CT molecular complexity index is 653. The maximum atomic E-state index is 11.3. The molecule has 1 heterocycles. The summed E-state index contributed by atoms with van der Waals surface area (Å²) in [7, 11) is 0. The van der Waals surface area contributed by atoms with Crippen molar-refractivity contribution in [3.63, 3.8) is 0 Å². The van der Waals surface area contributed by atoms with Crippen LogP contribution >= 0.6 is 0 Å². The summed E-state index contributed by atoms with van der Waals surface area (Å²) in [4.78, 5) is 52.0. The standard InChI is InChI=1S/C12H16N6O8/c13-17(7(3-21)11(23)24)9-5(1-19)15-10(6(2-20)16-9)18(14)8(4-22)12(25)26/h1-2,7-8,21-22H,3-4,13-14H2,(H,23,24)(H,25,26)/t7-,8-/m1/s1. The average molecular weight is 372 g/mol. The monoisotopic (exact) mass is 372 g/mol. The number of aliphatic hydroxyl groups excluding tert-OH is 2. The van der Waals surface area contributed by atoms with E-state index in [1.165, 1.54) is 0 Å². The molecule has 0 aliphatic rings. The Balaban J connectivity index is 3.52. The normalized spacial score (nSPS) is 12.8. The summed E-state index contributed by atoms with van der Waals surface area (Å²) in [6, 6.07) is -3.40. The molecule has 2 atom stereocenters. The van der Waals surface area contributed by atoms with E-state index in [9.17, 15) is 19.2 Å². The summed E-state index contributed by atoms with van der Waals surface area (Å²) in [5, 5.41) is 37.0. The van der Waals surface area contributed by atoms with E-state index in [1.54, 1.807) is 0 Å². The van der Waals surface area contributed by atoms with Gasteiger partial charge in [0.1, 0.15) is 11.4 Å². The van der Waals surface area contributed by atoms with Gasteiger partial charge in [0.05, 0.1) is 13.2 Å². The number of aldehydes is 2. The molecule has 1 aromatic rings. The van der Waals surface area contributed by atoms with Gasteiger partial charge in [-0.25, -0.2) is 31.2 Å². The number of carboxylic acid groups (broad SMARTS) is 2. The molecule has 1 rings (SSSR count). The van der Waals surface area contributed by atoms with E-state index >= 15 is 0 Å². The molecule has 0 aliphatic heterocycles. The van der Waals surface area contributed by atoms with Crippen LogP contribution < -0.4 is 21.7 Å². The number of aliphatic hydroxyl groups is 2. The van der Waals surface area contributed by atoms with Gasteiger partial charge in [0.25, 0.3) is 0 Å². The maximum absolute atomic E-state index is 11.3. The van der Waals surface area contributed by atoms with E-state index in [0.717, 1.165) is 0 Å². The Hall–Kier alpha value is -3.20. The molecular formula is C12H16N6O8. The van der Waals surface area contributed by atoms with E-state index in [0.29, 0.717) is 10.0 Å². The SMILES string of the molecule is NN(c1nc(C=O)c(N(N)[C@H](CO)C(=O)O)nc1C=O)[C@H](CO)C(=O)O. The first-order chi connectivity index (χ1) is 12.2. The molecule has 1 aromatic heterocycles. The average Bonchev–Trinajstić information content (AvgIpc) is 2.60. The number of aliphatic carboxylic acids is 2. The summed E-state index contributed by atoms with van der Waals surface area (Å²) >= 11 is 0. The van der Waals surface area contributed by atoms with Crippen LogP contribution in [0.3, 0.4) is 0 Å². The molecule has 26 heavy (non-hydrogen) atoms. The lowest BCUT2D eigenvalue weighted by Crippen LogP contribution is -2.51. The Morgan fingerprint density at radius 1 is 0.885 bits per heavy atom. The van der Waals surface area contributed by atoms with Crippen LogP contribution in [0.1, 0.15) is 21.0 Å². The van der Waals surface area contributed by atoms with Crippen molar-refractivity contribution in [3.05, 3.63) is 11.4 Å². The molecule has 0 amide bonds. The van der Waals surface area contributed by atoms with Crippen LogP contribution in [-0.2, 0) is 9.59 Å². The third kappa shape index (κ3) is 4.06. The minimum atomic E-state index is -1.70. The van der Waals surface area contributed by atoms with Crippen LogP contribution in [0.5, 0.6) is 0 Å². The molecular weight excluding hydrogens is 356 g/mol. The van der Waals surface area contributed by atoms with Gasteiger partial charge in [-0.05, 0) is 0 Å². The van der Waals surface area contributed by atoms with Crippen LogP contribution in [-0.4, -0.2) is 80.2 Å². The topological polar surface area (TPSA) is 233 Å². The summed E-state index contributed by atoms with van der Waals surface area (Å²) in [5.74, 6) is 6.89. The predicted octanol–water partition coefficient (Wildman–Crippen LogP) is -3.65. The lowest BCUT2D eigenvalue weighted by Gasteiger charge is -2.27. The number of anilines is 2. The second kappa shape index (κ2) is 8.77. The zero-order chi connectivity index (χ0) is 20.0. The zero-order valence-electron chi connectivity index (χ0n) is 13.1. The summed E-state index contributed by atoms with van der Waals surface area (Å²) < 4.78 is 0. The molecule has 0 saturated heterocycles. The molecule has 0 aliphatic carbocycles. The molecule has 8 N–H and O–H groups in total. The van der Waals surface area contributed by atoms with Crippen molar-refractivity contribution in [2.75, 3.05) is 23.2 Å². The Morgan fingerprint density at radius 3 is 1.38 bits per heavy atom. The van der Waals surface area contributed by atoms with Crippen molar-refractivity contribution in [1.82, 2.24) is 9.97 Å². The van der Waals surface area contributed by atoms with Gasteiger partial charge in [0, 0.05) is 0 Å². The molecule has 0 fully saturated rings. The van der Waals surface area contributed by atoms with Gasteiger partial charge < -0.3 is 20.4 Å². The number of nitrogens with two attached hydrogens (primary N) is 2. The van der Waals surface area contributed by atoms with E-state index in [4.69, 9.17) is 32.1 Å². The number of hydrazine groups is 2. The van der Waals surface area contributed by atoms with Crippen molar-refractivity contribution < 1.29 is 39.6 Å². The number of aromatic nitrogens is 2. The molecule has 0 aromatic carbocycles. The molecule has 0 spiro atoms. The lowest BCUT2D eigenvalue weighted by molar-refractivity contribution is -0.140.